The average Bonchev–Trinajstić information content (AvgIpc) is 3.15. The van der Waals surface area contributed by atoms with E-state index in [2.05, 4.69) is 15.5 Å². The van der Waals surface area contributed by atoms with Gasteiger partial charge in [-0.2, -0.15) is 4.98 Å². The fourth-order valence-corrected chi connectivity index (χ4v) is 3.11. The molecule has 7 nitrogen and oxygen atoms in total. The van der Waals surface area contributed by atoms with E-state index in [0.29, 0.717) is 24.4 Å². The largest absolute Gasteiger partial charge is 0.339 e. The lowest BCUT2D eigenvalue weighted by Crippen LogP contribution is -2.23. The Morgan fingerprint density at radius 1 is 1.17 bits per heavy atom. The summed E-state index contributed by atoms with van der Waals surface area (Å²) in [5.41, 5.74) is 4.06. The van der Waals surface area contributed by atoms with Crippen LogP contribution in [0.25, 0.3) is 11.4 Å². The van der Waals surface area contributed by atoms with Crippen LogP contribution in [-0.2, 0) is 17.8 Å². The second-order valence-electron chi connectivity index (χ2n) is 7.22. The lowest BCUT2D eigenvalue weighted by atomic mass is 10.1. The highest BCUT2D eigenvalue weighted by atomic mass is 16.5. The second-order valence-corrected chi connectivity index (χ2v) is 7.22. The number of amides is 1. The molecular formula is C22H26N4O3. The van der Waals surface area contributed by atoms with Gasteiger partial charge in [-0.3, -0.25) is 9.59 Å². The quantitative estimate of drug-likeness (QED) is 0.658. The minimum absolute atomic E-state index is 0.126. The van der Waals surface area contributed by atoms with Crippen LogP contribution in [0.1, 0.15) is 42.5 Å². The smallest absolute Gasteiger partial charge is 0.261 e. The van der Waals surface area contributed by atoms with Gasteiger partial charge in [-0.05, 0) is 56.5 Å². The highest BCUT2D eigenvalue weighted by molar-refractivity contribution is 5.91. The maximum absolute atomic E-state index is 12.7. The Balaban J connectivity index is 1.68. The van der Waals surface area contributed by atoms with Crippen LogP contribution >= 0.6 is 0 Å². The fraction of sp³-hybridized carbons (Fsp3) is 0.364. The van der Waals surface area contributed by atoms with Gasteiger partial charge in [-0.1, -0.05) is 24.2 Å². The zero-order chi connectivity index (χ0) is 21.0. The van der Waals surface area contributed by atoms with Crippen LogP contribution in [0.2, 0.25) is 0 Å². The molecule has 0 radical (unpaired) electrons. The van der Waals surface area contributed by atoms with E-state index in [1.807, 2.05) is 52.0 Å². The number of hydrogen-bond acceptors (Lipinski definition) is 5. The Morgan fingerprint density at radius 2 is 1.97 bits per heavy atom. The maximum atomic E-state index is 12.7. The summed E-state index contributed by atoms with van der Waals surface area (Å²) < 4.78 is 6.97. The molecule has 0 aliphatic rings. The number of benzene rings is 1. The summed E-state index contributed by atoms with van der Waals surface area (Å²) in [6.45, 7) is 8.49. The number of aromatic nitrogens is 3. The van der Waals surface area contributed by atoms with Crippen molar-refractivity contribution in [3.05, 3.63) is 63.4 Å². The molecule has 1 aromatic carbocycles. The van der Waals surface area contributed by atoms with Gasteiger partial charge in [0, 0.05) is 30.8 Å². The number of nitrogens with one attached hydrogen (secondary N) is 1. The summed E-state index contributed by atoms with van der Waals surface area (Å²) in [6.07, 6.45) is 1.37. The summed E-state index contributed by atoms with van der Waals surface area (Å²) in [5.74, 6) is 0.460. The topological polar surface area (TPSA) is 90.0 Å². The lowest BCUT2D eigenvalue weighted by Gasteiger charge is -2.09. The number of anilines is 1. The summed E-state index contributed by atoms with van der Waals surface area (Å²) in [7, 11) is 0. The van der Waals surface area contributed by atoms with Gasteiger partial charge in [0.2, 0.25) is 17.6 Å². The van der Waals surface area contributed by atoms with E-state index in [4.69, 9.17) is 4.52 Å². The lowest BCUT2D eigenvalue weighted by molar-refractivity contribution is -0.116. The number of aryl methyl sites for hydroxylation is 4. The maximum Gasteiger partial charge on any atom is 0.261 e. The first-order chi connectivity index (χ1) is 13.9. The van der Waals surface area contributed by atoms with Crippen LogP contribution in [-0.4, -0.2) is 20.6 Å². The molecule has 0 saturated carbocycles. The van der Waals surface area contributed by atoms with Crippen molar-refractivity contribution in [2.75, 3.05) is 5.32 Å². The van der Waals surface area contributed by atoms with Crippen LogP contribution < -0.4 is 10.9 Å². The van der Waals surface area contributed by atoms with Gasteiger partial charge in [0.1, 0.15) is 0 Å². The zero-order valence-electron chi connectivity index (χ0n) is 17.3. The Morgan fingerprint density at radius 3 is 2.72 bits per heavy atom. The molecular weight excluding hydrogens is 368 g/mol. The minimum Gasteiger partial charge on any atom is -0.339 e. The van der Waals surface area contributed by atoms with E-state index in [-0.39, 0.29) is 23.7 Å². The normalized spacial score (nSPS) is 10.9. The van der Waals surface area contributed by atoms with Crippen LogP contribution in [0.15, 0.2) is 39.6 Å². The molecule has 0 aliphatic heterocycles. The molecule has 2 aromatic heterocycles. The second kappa shape index (κ2) is 8.86. The summed E-state index contributed by atoms with van der Waals surface area (Å²) in [5, 5.41) is 6.85. The van der Waals surface area contributed by atoms with Crippen molar-refractivity contribution < 1.29 is 9.32 Å². The number of nitrogens with zero attached hydrogens (tertiary/aromatic N) is 3. The highest BCUT2D eigenvalue weighted by Crippen LogP contribution is 2.17. The molecule has 0 saturated heterocycles. The molecule has 3 aromatic rings. The third-order valence-corrected chi connectivity index (χ3v) is 4.78. The molecule has 1 N–H and O–H groups in total. The number of rotatable bonds is 7. The highest BCUT2D eigenvalue weighted by Gasteiger charge is 2.15. The molecule has 152 valence electrons. The Hall–Kier alpha value is -3.22. The van der Waals surface area contributed by atoms with Gasteiger partial charge in [0.15, 0.2) is 0 Å². The van der Waals surface area contributed by atoms with E-state index in [9.17, 15) is 9.59 Å². The molecule has 0 atom stereocenters. The van der Waals surface area contributed by atoms with E-state index in [1.54, 1.807) is 10.6 Å². The number of carbonyl (C=O) groups excluding carboxylic acids is 1. The van der Waals surface area contributed by atoms with E-state index in [0.717, 1.165) is 28.9 Å². The van der Waals surface area contributed by atoms with Crippen LogP contribution in [0, 0.1) is 20.8 Å². The number of pyridine rings is 1. The van der Waals surface area contributed by atoms with Crippen molar-refractivity contribution >= 4 is 11.6 Å². The molecule has 29 heavy (non-hydrogen) atoms. The monoisotopic (exact) mass is 394 g/mol. The van der Waals surface area contributed by atoms with Gasteiger partial charge < -0.3 is 14.4 Å². The zero-order valence-corrected chi connectivity index (χ0v) is 17.3. The summed E-state index contributed by atoms with van der Waals surface area (Å²) in [4.78, 5) is 29.3. The third-order valence-electron chi connectivity index (χ3n) is 4.78. The predicted molar refractivity (Wildman–Crippen MR) is 112 cm³/mol. The number of hydrogen-bond donors (Lipinski definition) is 1. The Bertz CT molecular complexity index is 1080. The third kappa shape index (κ3) is 4.80. The van der Waals surface area contributed by atoms with Crippen LogP contribution in [0.5, 0.6) is 0 Å². The SMILES string of the molecule is CCCn1c(C)ccc(-c2noc(CCC(=O)Nc3cc(C)ccc3C)n2)c1=O. The fourth-order valence-electron chi connectivity index (χ4n) is 3.11. The molecule has 2 heterocycles. The van der Waals surface area contributed by atoms with Gasteiger partial charge in [-0.25, -0.2) is 0 Å². The molecule has 3 rings (SSSR count). The van der Waals surface area contributed by atoms with Gasteiger partial charge >= 0.3 is 0 Å². The predicted octanol–water partition coefficient (Wildman–Crippen LogP) is 3.80. The van der Waals surface area contributed by atoms with Crippen molar-refractivity contribution in [1.29, 1.82) is 0 Å². The molecule has 0 aliphatic carbocycles. The first kappa shape index (κ1) is 20.5. The molecule has 1 amide bonds. The van der Waals surface area contributed by atoms with Crippen molar-refractivity contribution in [2.45, 2.75) is 53.5 Å². The van der Waals surface area contributed by atoms with Gasteiger partial charge in [0.05, 0.1) is 5.56 Å². The van der Waals surface area contributed by atoms with Gasteiger partial charge in [-0.15, -0.1) is 0 Å². The Labute approximate surface area is 169 Å². The minimum atomic E-state index is -0.133. The van der Waals surface area contributed by atoms with E-state index < -0.39 is 0 Å². The summed E-state index contributed by atoms with van der Waals surface area (Å²) in [6, 6.07) is 9.51. The van der Waals surface area contributed by atoms with Crippen molar-refractivity contribution in [1.82, 2.24) is 14.7 Å². The van der Waals surface area contributed by atoms with Gasteiger partial charge in [0.25, 0.3) is 5.56 Å². The van der Waals surface area contributed by atoms with Crippen molar-refractivity contribution in [2.24, 2.45) is 0 Å². The molecule has 0 fully saturated rings. The van der Waals surface area contributed by atoms with Crippen molar-refractivity contribution in [3.63, 3.8) is 0 Å². The average molecular weight is 394 g/mol. The molecule has 0 unspecified atom stereocenters. The first-order valence-electron chi connectivity index (χ1n) is 9.79. The molecule has 0 bridgehead atoms. The van der Waals surface area contributed by atoms with Crippen LogP contribution in [0.3, 0.4) is 0 Å². The van der Waals surface area contributed by atoms with E-state index in [1.165, 1.54) is 0 Å². The molecule has 7 heteroatoms. The van der Waals surface area contributed by atoms with E-state index >= 15 is 0 Å². The van der Waals surface area contributed by atoms with Crippen LogP contribution in [0.4, 0.5) is 5.69 Å². The first-order valence-corrected chi connectivity index (χ1v) is 9.79. The summed E-state index contributed by atoms with van der Waals surface area (Å²) >= 11 is 0. The number of carbonyl (C=O) groups is 1. The Kier molecular flexibility index (Phi) is 6.26. The molecule has 0 spiro atoms. The standard InChI is InChI=1S/C22H26N4O3/c1-5-12-26-16(4)8-9-17(22(26)28)21-24-20(29-25-21)11-10-19(27)23-18-13-14(2)6-7-15(18)3/h6-9,13H,5,10-12H2,1-4H3,(H,23,27). The van der Waals surface area contributed by atoms with Crippen molar-refractivity contribution in [3.8, 4) is 11.4 Å².